The van der Waals surface area contributed by atoms with Gasteiger partial charge in [0.2, 0.25) is 5.91 Å². The van der Waals surface area contributed by atoms with E-state index in [4.69, 9.17) is 0 Å². The second kappa shape index (κ2) is 6.05. The van der Waals surface area contributed by atoms with Gasteiger partial charge >= 0.3 is 0 Å². The molecule has 0 unspecified atom stereocenters. The second-order valence-electron chi connectivity index (χ2n) is 7.94. The molecule has 4 atom stereocenters. The van der Waals surface area contributed by atoms with E-state index in [1.807, 2.05) is 31.2 Å². The van der Waals surface area contributed by atoms with Crippen LogP contribution in [0.2, 0.25) is 0 Å². The quantitative estimate of drug-likeness (QED) is 0.744. The summed E-state index contributed by atoms with van der Waals surface area (Å²) < 4.78 is 0. The van der Waals surface area contributed by atoms with Crippen LogP contribution in [0.15, 0.2) is 30.5 Å². The van der Waals surface area contributed by atoms with E-state index >= 15 is 0 Å². The Morgan fingerprint density at radius 2 is 2.15 bits per heavy atom. The summed E-state index contributed by atoms with van der Waals surface area (Å²) in [5.74, 6) is 0.532. The number of para-hydroxylation sites is 1. The largest absolute Gasteiger partial charge is 0.362 e. The van der Waals surface area contributed by atoms with Crippen LogP contribution in [0.3, 0.4) is 0 Å². The monoisotopic (exact) mass is 382 g/mol. The van der Waals surface area contributed by atoms with Gasteiger partial charge in [-0.25, -0.2) is 4.98 Å². The predicted molar refractivity (Wildman–Crippen MR) is 105 cm³/mol. The lowest BCUT2D eigenvalue weighted by Crippen LogP contribution is -2.67. The standard InChI is InChI=1S/C20H22N4O2S/c1-11-10-21-19(27-11)22-17(25)15-8-13-7-6-12(15)9-20(13)23-16-5-3-2-4-14(16)18(26)24-20/h2-5,10,12-13,15,23H,6-9H2,1H3,(H,24,26)(H,21,22,25)/t12-,13+,15-,20+/m0/s1. The Morgan fingerprint density at radius 1 is 1.30 bits per heavy atom. The summed E-state index contributed by atoms with van der Waals surface area (Å²) in [5, 5.41) is 10.5. The zero-order valence-electron chi connectivity index (χ0n) is 15.1. The molecule has 6 rings (SSSR count). The molecule has 1 aromatic carbocycles. The maximum atomic E-state index is 12.8. The molecule has 2 bridgehead atoms. The number of hydrogen-bond acceptors (Lipinski definition) is 5. The Labute approximate surface area is 161 Å². The number of benzene rings is 1. The van der Waals surface area contributed by atoms with Gasteiger partial charge < -0.3 is 16.0 Å². The van der Waals surface area contributed by atoms with Gasteiger partial charge in [0.15, 0.2) is 5.13 Å². The average Bonchev–Trinajstić information content (AvgIpc) is 3.06. The molecule has 0 radical (unpaired) electrons. The van der Waals surface area contributed by atoms with E-state index in [0.717, 1.165) is 36.2 Å². The molecule has 2 aromatic rings. The van der Waals surface area contributed by atoms with Gasteiger partial charge in [-0.05, 0) is 50.7 Å². The van der Waals surface area contributed by atoms with Crippen molar-refractivity contribution in [1.82, 2.24) is 10.3 Å². The number of aromatic nitrogens is 1. The topological polar surface area (TPSA) is 83.1 Å². The number of aryl methyl sites for hydroxylation is 1. The summed E-state index contributed by atoms with van der Waals surface area (Å²) in [6.45, 7) is 1.98. The first kappa shape index (κ1) is 16.7. The fraction of sp³-hybridized carbons (Fsp3) is 0.450. The Kier molecular flexibility index (Phi) is 3.75. The van der Waals surface area contributed by atoms with Crippen LogP contribution in [-0.2, 0) is 4.79 Å². The smallest absolute Gasteiger partial charge is 0.255 e. The van der Waals surface area contributed by atoms with Crippen molar-refractivity contribution < 1.29 is 9.59 Å². The summed E-state index contributed by atoms with van der Waals surface area (Å²) in [6, 6.07) is 7.64. The van der Waals surface area contributed by atoms with Crippen LogP contribution in [0, 0.1) is 24.7 Å². The van der Waals surface area contributed by atoms with Gasteiger partial charge in [0, 0.05) is 28.6 Å². The number of amides is 2. The molecular weight excluding hydrogens is 360 g/mol. The molecule has 140 valence electrons. The molecule has 7 heteroatoms. The SMILES string of the molecule is Cc1cnc(NC(=O)[C@H]2C[C@H]3CC[C@H]2C[C@@]32NC(=O)c3ccccc3N2)s1. The molecule has 1 spiro atoms. The van der Waals surface area contributed by atoms with Crippen LogP contribution in [0.4, 0.5) is 10.8 Å². The highest BCUT2D eigenvalue weighted by atomic mass is 32.1. The molecule has 3 saturated carbocycles. The van der Waals surface area contributed by atoms with Gasteiger partial charge in [-0.1, -0.05) is 12.1 Å². The van der Waals surface area contributed by atoms with Crippen molar-refractivity contribution in [3.8, 4) is 0 Å². The zero-order chi connectivity index (χ0) is 18.6. The Bertz CT molecular complexity index is 926. The number of nitrogens with one attached hydrogen (secondary N) is 3. The van der Waals surface area contributed by atoms with E-state index in [-0.39, 0.29) is 29.6 Å². The first-order valence-electron chi connectivity index (χ1n) is 9.47. The van der Waals surface area contributed by atoms with Crippen LogP contribution in [0.25, 0.3) is 0 Å². The van der Waals surface area contributed by atoms with Gasteiger partial charge in [0.1, 0.15) is 5.66 Å². The third-order valence-corrected chi connectivity index (χ3v) is 7.16. The molecule has 2 amide bonds. The Balaban J connectivity index is 1.36. The highest BCUT2D eigenvalue weighted by molar-refractivity contribution is 7.15. The number of carbonyl (C=O) groups is 2. The van der Waals surface area contributed by atoms with Gasteiger partial charge in [-0.2, -0.15) is 0 Å². The van der Waals surface area contributed by atoms with Crippen molar-refractivity contribution in [3.63, 3.8) is 0 Å². The molecule has 6 nitrogen and oxygen atoms in total. The number of anilines is 2. The number of rotatable bonds is 2. The molecule has 1 aromatic heterocycles. The van der Waals surface area contributed by atoms with Crippen LogP contribution in [0.1, 0.15) is 40.9 Å². The number of hydrogen-bond donors (Lipinski definition) is 3. The van der Waals surface area contributed by atoms with Crippen LogP contribution in [0.5, 0.6) is 0 Å². The Morgan fingerprint density at radius 3 is 2.89 bits per heavy atom. The number of carbonyl (C=O) groups excluding carboxylic acids is 2. The van der Waals surface area contributed by atoms with Gasteiger partial charge in [-0.3, -0.25) is 9.59 Å². The van der Waals surface area contributed by atoms with Crippen LogP contribution in [-0.4, -0.2) is 22.5 Å². The lowest BCUT2D eigenvalue weighted by Gasteiger charge is -2.56. The maximum absolute atomic E-state index is 12.8. The van der Waals surface area contributed by atoms with E-state index in [1.54, 1.807) is 6.20 Å². The van der Waals surface area contributed by atoms with Crippen molar-refractivity contribution in [2.75, 3.05) is 10.6 Å². The van der Waals surface area contributed by atoms with Gasteiger partial charge in [-0.15, -0.1) is 11.3 Å². The lowest BCUT2D eigenvalue weighted by molar-refractivity contribution is -0.126. The van der Waals surface area contributed by atoms with Crippen LogP contribution < -0.4 is 16.0 Å². The second-order valence-corrected chi connectivity index (χ2v) is 9.18. The molecule has 2 heterocycles. The molecule has 0 saturated heterocycles. The summed E-state index contributed by atoms with van der Waals surface area (Å²) in [5.41, 5.74) is 1.16. The average molecular weight is 382 g/mol. The fourth-order valence-electron chi connectivity index (χ4n) is 5.07. The summed E-state index contributed by atoms with van der Waals surface area (Å²) >= 11 is 1.50. The molecule has 3 aliphatic carbocycles. The first-order chi connectivity index (χ1) is 13.0. The molecule has 3 fully saturated rings. The zero-order valence-corrected chi connectivity index (χ0v) is 15.9. The Hall–Kier alpha value is -2.41. The number of nitrogens with zero attached hydrogens (tertiary/aromatic N) is 1. The molecule has 1 aliphatic heterocycles. The van der Waals surface area contributed by atoms with Crippen molar-refractivity contribution in [2.24, 2.45) is 17.8 Å². The molecular formula is C20H22N4O2S. The minimum Gasteiger partial charge on any atom is -0.362 e. The van der Waals surface area contributed by atoms with Crippen molar-refractivity contribution >= 4 is 34.0 Å². The first-order valence-corrected chi connectivity index (χ1v) is 10.3. The minimum absolute atomic E-state index is 0.0174. The maximum Gasteiger partial charge on any atom is 0.255 e. The summed E-state index contributed by atoms with van der Waals surface area (Å²) in [4.78, 5) is 30.8. The summed E-state index contributed by atoms with van der Waals surface area (Å²) in [6.07, 6.45) is 5.41. The van der Waals surface area contributed by atoms with E-state index in [9.17, 15) is 9.59 Å². The van der Waals surface area contributed by atoms with E-state index < -0.39 is 5.66 Å². The third-order valence-electron chi connectivity index (χ3n) is 6.33. The minimum atomic E-state index is -0.428. The van der Waals surface area contributed by atoms with Crippen molar-refractivity contribution in [3.05, 3.63) is 40.9 Å². The summed E-state index contributed by atoms with van der Waals surface area (Å²) in [7, 11) is 0. The number of thiazole rings is 1. The van der Waals surface area contributed by atoms with Gasteiger partial charge in [0.05, 0.1) is 5.56 Å². The highest BCUT2D eigenvalue weighted by Crippen LogP contribution is 2.52. The molecule has 27 heavy (non-hydrogen) atoms. The lowest BCUT2D eigenvalue weighted by atomic mass is 9.58. The predicted octanol–water partition coefficient (Wildman–Crippen LogP) is 3.38. The molecule has 4 aliphatic rings. The molecule has 3 N–H and O–H groups in total. The normalized spacial score (nSPS) is 31.1. The fourth-order valence-corrected chi connectivity index (χ4v) is 5.74. The van der Waals surface area contributed by atoms with Gasteiger partial charge in [0.25, 0.3) is 5.91 Å². The highest BCUT2D eigenvalue weighted by Gasteiger charge is 2.55. The van der Waals surface area contributed by atoms with E-state index in [2.05, 4.69) is 20.9 Å². The van der Waals surface area contributed by atoms with Crippen LogP contribution >= 0.6 is 11.3 Å². The third kappa shape index (κ3) is 2.72. The van der Waals surface area contributed by atoms with Crippen molar-refractivity contribution in [2.45, 2.75) is 38.3 Å². The van der Waals surface area contributed by atoms with E-state index in [1.165, 1.54) is 11.3 Å². The number of fused-ring (bicyclic) bond motifs is 3. The van der Waals surface area contributed by atoms with E-state index in [0.29, 0.717) is 10.7 Å². The van der Waals surface area contributed by atoms with Crippen molar-refractivity contribution in [1.29, 1.82) is 0 Å².